The molecule has 0 aromatic heterocycles. The Bertz CT molecular complexity index is 1280. The molecule has 0 bridgehead atoms. The lowest BCUT2D eigenvalue weighted by Crippen LogP contribution is -2.38. The highest BCUT2D eigenvalue weighted by Crippen LogP contribution is 2.31. The third kappa shape index (κ3) is 6.21. The fourth-order valence-electron chi connectivity index (χ4n) is 3.07. The number of alkyl halides is 3. The molecule has 0 aliphatic heterocycles. The molecule has 0 fully saturated rings. The van der Waals surface area contributed by atoms with Crippen LogP contribution in [0.25, 0.3) is 0 Å². The molecule has 0 aliphatic carbocycles. The van der Waals surface area contributed by atoms with Crippen LogP contribution in [0.2, 0.25) is 5.02 Å². The van der Waals surface area contributed by atoms with Crippen molar-refractivity contribution in [2.45, 2.75) is 25.1 Å². The second-order valence-corrected chi connectivity index (χ2v) is 9.60. The molecule has 3 rings (SSSR count). The number of benzene rings is 3. The maximum absolute atomic E-state index is 13.5. The lowest BCUT2D eigenvalue weighted by molar-refractivity contribution is -0.274. The van der Waals surface area contributed by atoms with Crippen molar-refractivity contribution in [1.29, 1.82) is 0 Å². The number of carbonyl (C=O) groups is 1. The van der Waals surface area contributed by atoms with Gasteiger partial charge in [0.2, 0.25) is 5.91 Å². The number of aryl methyl sites for hydroxylation is 1. The Balaban J connectivity index is 1.89. The lowest BCUT2D eigenvalue weighted by atomic mass is 10.2. The smallest absolute Gasteiger partial charge is 0.406 e. The highest BCUT2D eigenvalue weighted by atomic mass is 35.5. The van der Waals surface area contributed by atoms with Gasteiger partial charge in [-0.1, -0.05) is 35.4 Å². The molecule has 0 heterocycles. The molecule has 0 atom stereocenters. The van der Waals surface area contributed by atoms with E-state index < -0.39 is 34.6 Å². The molecule has 11 heteroatoms. The van der Waals surface area contributed by atoms with Crippen molar-refractivity contribution in [1.82, 2.24) is 0 Å². The first-order valence-electron chi connectivity index (χ1n) is 9.87. The molecule has 1 amide bonds. The molecule has 0 aliphatic rings. The van der Waals surface area contributed by atoms with Crippen LogP contribution in [0.1, 0.15) is 11.1 Å². The van der Waals surface area contributed by atoms with Crippen LogP contribution < -0.4 is 14.4 Å². The predicted octanol–water partition coefficient (Wildman–Crippen LogP) is 5.69. The van der Waals surface area contributed by atoms with E-state index in [9.17, 15) is 26.4 Å². The standard InChI is InChI=1S/C23H20ClF3N2O4S/c1-15-6-12-19(13-7-15)34(31,32)29(21-5-3-4-20(24)16(21)2)14-22(30)28-17-8-10-18(11-9-17)33-23(25,26)27/h3-13H,14H2,1-2H3,(H,28,30). The largest absolute Gasteiger partial charge is 0.573 e. The number of hydrogen-bond donors (Lipinski definition) is 1. The maximum atomic E-state index is 13.5. The van der Waals surface area contributed by atoms with Gasteiger partial charge in [-0.25, -0.2) is 8.42 Å². The minimum Gasteiger partial charge on any atom is -0.406 e. The van der Waals surface area contributed by atoms with Crippen molar-refractivity contribution in [3.05, 3.63) is 82.9 Å². The summed E-state index contributed by atoms with van der Waals surface area (Å²) < 4.78 is 68.6. The van der Waals surface area contributed by atoms with Crippen molar-refractivity contribution in [3.63, 3.8) is 0 Å². The number of rotatable bonds is 7. The predicted molar refractivity (Wildman–Crippen MR) is 124 cm³/mol. The Hall–Kier alpha value is -3.24. The summed E-state index contributed by atoms with van der Waals surface area (Å²) in [5.41, 5.74) is 1.70. The highest BCUT2D eigenvalue weighted by molar-refractivity contribution is 7.92. The van der Waals surface area contributed by atoms with Gasteiger partial charge in [0.05, 0.1) is 10.6 Å². The van der Waals surface area contributed by atoms with Crippen LogP contribution in [0.4, 0.5) is 24.5 Å². The number of nitrogens with one attached hydrogen (secondary N) is 1. The van der Waals surface area contributed by atoms with Crippen molar-refractivity contribution >= 4 is 38.9 Å². The van der Waals surface area contributed by atoms with E-state index in [2.05, 4.69) is 10.1 Å². The lowest BCUT2D eigenvalue weighted by Gasteiger charge is -2.26. The van der Waals surface area contributed by atoms with Crippen LogP contribution in [0.15, 0.2) is 71.6 Å². The van der Waals surface area contributed by atoms with E-state index in [1.165, 1.54) is 30.3 Å². The van der Waals surface area contributed by atoms with Crippen LogP contribution in [-0.2, 0) is 14.8 Å². The van der Waals surface area contributed by atoms with Gasteiger partial charge in [0.15, 0.2) is 0 Å². The quantitative estimate of drug-likeness (QED) is 0.441. The fourth-order valence-corrected chi connectivity index (χ4v) is 4.72. The number of hydrogen-bond acceptors (Lipinski definition) is 4. The molecule has 180 valence electrons. The molecule has 0 spiro atoms. The summed E-state index contributed by atoms with van der Waals surface area (Å²) in [4.78, 5) is 12.8. The average Bonchev–Trinajstić information content (AvgIpc) is 2.75. The van der Waals surface area contributed by atoms with Gasteiger partial charge in [-0.15, -0.1) is 13.2 Å². The number of ether oxygens (including phenoxy) is 1. The Morgan fingerprint density at radius 1 is 1.00 bits per heavy atom. The van der Waals surface area contributed by atoms with Gasteiger partial charge in [0, 0.05) is 10.7 Å². The van der Waals surface area contributed by atoms with Crippen molar-refractivity contribution in [2.75, 3.05) is 16.2 Å². The number of carbonyl (C=O) groups excluding carboxylic acids is 1. The van der Waals surface area contributed by atoms with Gasteiger partial charge in [0.1, 0.15) is 12.3 Å². The van der Waals surface area contributed by atoms with Crippen LogP contribution in [0.3, 0.4) is 0 Å². The summed E-state index contributed by atoms with van der Waals surface area (Å²) in [5.74, 6) is -1.16. The topological polar surface area (TPSA) is 75.7 Å². The Morgan fingerprint density at radius 3 is 2.21 bits per heavy atom. The summed E-state index contributed by atoms with van der Waals surface area (Å²) in [5, 5.41) is 2.81. The zero-order valence-electron chi connectivity index (χ0n) is 18.1. The Labute approximate surface area is 200 Å². The zero-order valence-corrected chi connectivity index (χ0v) is 19.6. The molecule has 1 N–H and O–H groups in total. The van der Waals surface area contributed by atoms with Crippen molar-refractivity contribution < 1.29 is 31.1 Å². The van der Waals surface area contributed by atoms with E-state index in [1.807, 2.05) is 6.92 Å². The summed E-state index contributed by atoms with van der Waals surface area (Å²) in [6.45, 7) is 2.85. The molecular formula is C23H20ClF3N2O4S. The van der Waals surface area contributed by atoms with Gasteiger partial charge in [-0.05, 0) is 67.9 Å². The molecule has 0 saturated carbocycles. The summed E-state index contributed by atoms with van der Waals surface area (Å²) in [7, 11) is -4.16. The molecule has 6 nitrogen and oxygen atoms in total. The van der Waals surface area contributed by atoms with E-state index in [1.54, 1.807) is 31.2 Å². The molecule has 3 aromatic carbocycles. The number of halogens is 4. The highest BCUT2D eigenvalue weighted by Gasteiger charge is 2.31. The van der Waals surface area contributed by atoms with Crippen LogP contribution in [0, 0.1) is 13.8 Å². The van der Waals surface area contributed by atoms with Crippen LogP contribution in [-0.4, -0.2) is 27.2 Å². The molecule has 3 aromatic rings. The van der Waals surface area contributed by atoms with Gasteiger partial charge in [-0.2, -0.15) is 0 Å². The van der Waals surface area contributed by atoms with E-state index >= 15 is 0 Å². The van der Waals surface area contributed by atoms with Gasteiger partial charge < -0.3 is 10.1 Å². The maximum Gasteiger partial charge on any atom is 0.573 e. The fraction of sp³-hybridized carbons (Fsp3) is 0.174. The molecule has 34 heavy (non-hydrogen) atoms. The Kier molecular flexibility index (Phi) is 7.42. The van der Waals surface area contributed by atoms with Gasteiger partial charge in [0.25, 0.3) is 10.0 Å². The monoisotopic (exact) mass is 512 g/mol. The molecule has 0 radical (unpaired) electrons. The van der Waals surface area contributed by atoms with Gasteiger partial charge in [-0.3, -0.25) is 9.10 Å². The summed E-state index contributed by atoms with van der Waals surface area (Å²) in [6.07, 6.45) is -4.84. The second kappa shape index (κ2) is 9.94. The van der Waals surface area contributed by atoms with Crippen LogP contribution in [0.5, 0.6) is 5.75 Å². The number of anilines is 2. The molecule has 0 saturated heterocycles. The second-order valence-electron chi connectivity index (χ2n) is 7.33. The number of nitrogens with zero attached hydrogens (tertiary/aromatic N) is 1. The molecule has 0 unspecified atom stereocenters. The van der Waals surface area contributed by atoms with E-state index in [-0.39, 0.29) is 16.3 Å². The number of amides is 1. The van der Waals surface area contributed by atoms with Crippen molar-refractivity contribution in [2.24, 2.45) is 0 Å². The van der Waals surface area contributed by atoms with Crippen LogP contribution >= 0.6 is 11.6 Å². The minimum absolute atomic E-state index is 0.0149. The molecular weight excluding hydrogens is 493 g/mol. The van der Waals surface area contributed by atoms with E-state index in [4.69, 9.17) is 11.6 Å². The third-order valence-electron chi connectivity index (χ3n) is 4.78. The third-order valence-corrected chi connectivity index (χ3v) is 6.96. The SMILES string of the molecule is Cc1ccc(S(=O)(=O)N(CC(=O)Nc2ccc(OC(F)(F)F)cc2)c2cccc(Cl)c2C)cc1. The van der Waals surface area contributed by atoms with Gasteiger partial charge >= 0.3 is 6.36 Å². The van der Waals surface area contributed by atoms with E-state index in [0.717, 1.165) is 22.0 Å². The first-order chi connectivity index (χ1) is 15.9. The summed E-state index contributed by atoms with van der Waals surface area (Å²) in [6, 6.07) is 15.3. The Morgan fingerprint density at radius 2 is 1.62 bits per heavy atom. The first-order valence-corrected chi connectivity index (χ1v) is 11.7. The number of sulfonamides is 1. The zero-order chi connectivity index (χ0) is 25.1. The first kappa shape index (κ1) is 25.4. The van der Waals surface area contributed by atoms with Crippen molar-refractivity contribution in [3.8, 4) is 5.75 Å². The summed E-state index contributed by atoms with van der Waals surface area (Å²) >= 11 is 6.19. The average molecular weight is 513 g/mol. The minimum atomic E-state index is -4.84. The van der Waals surface area contributed by atoms with E-state index in [0.29, 0.717) is 10.6 Å². The normalized spacial score (nSPS) is 11.7.